The number of benzene rings is 1. The lowest BCUT2D eigenvalue weighted by Crippen LogP contribution is -2.45. The second-order valence-corrected chi connectivity index (χ2v) is 11.8. The van der Waals surface area contributed by atoms with Gasteiger partial charge in [-0.25, -0.2) is 4.98 Å². The molecule has 1 amide bonds. The van der Waals surface area contributed by atoms with Crippen molar-refractivity contribution in [3.05, 3.63) is 41.0 Å². The summed E-state index contributed by atoms with van der Waals surface area (Å²) in [5.41, 5.74) is 4.32. The summed E-state index contributed by atoms with van der Waals surface area (Å²) in [7, 11) is 0. The van der Waals surface area contributed by atoms with Crippen molar-refractivity contribution in [1.29, 1.82) is 0 Å². The molecule has 2 fully saturated rings. The van der Waals surface area contributed by atoms with Gasteiger partial charge in [0.15, 0.2) is 0 Å². The molecule has 2 aliphatic carbocycles. The Labute approximate surface area is 194 Å². The van der Waals surface area contributed by atoms with Crippen LogP contribution < -0.4 is 5.32 Å². The van der Waals surface area contributed by atoms with Crippen LogP contribution in [0.1, 0.15) is 70.7 Å². The van der Waals surface area contributed by atoms with Gasteiger partial charge >= 0.3 is 0 Å². The minimum absolute atomic E-state index is 0.108. The topological polar surface area (TPSA) is 79.3 Å². The average molecular weight is 455 g/mol. The Bertz CT molecular complexity index is 1010. The third kappa shape index (κ3) is 4.40. The van der Waals surface area contributed by atoms with Crippen molar-refractivity contribution in [3.63, 3.8) is 0 Å². The van der Waals surface area contributed by atoms with Crippen LogP contribution in [0, 0.1) is 29.6 Å². The molecule has 2 aliphatic rings. The van der Waals surface area contributed by atoms with E-state index in [-0.39, 0.29) is 29.1 Å². The number of hydrogen-bond donors (Lipinski definition) is 2. The molecule has 2 aromatic rings. The monoisotopic (exact) mass is 454 g/mol. The third-order valence-electron chi connectivity index (χ3n) is 7.14. The average Bonchev–Trinajstić information content (AvgIpc) is 3.30. The van der Waals surface area contributed by atoms with E-state index in [1.54, 1.807) is 11.3 Å². The van der Waals surface area contributed by atoms with Gasteiger partial charge in [0, 0.05) is 11.8 Å². The summed E-state index contributed by atoms with van der Waals surface area (Å²) in [6.07, 6.45) is 1.69. The molecular formula is C26H34N2O3S. The predicted octanol–water partition coefficient (Wildman–Crippen LogP) is 5.08. The Morgan fingerprint density at radius 1 is 1.25 bits per heavy atom. The molecule has 32 heavy (non-hydrogen) atoms. The van der Waals surface area contributed by atoms with Gasteiger partial charge in [-0.1, -0.05) is 45.0 Å². The first-order valence-electron chi connectivity index (χ1n) is 11.5. The summed E-state index contributed by atoms with van der Waals surface area (Å²) in [4.78, 5) is 32.1. The third-order valence-corrected chi connectivity index (χ3v) is 8.12. The van der Waals surface area contributed by atoms with Gasteiger partial charge in [-0.3, -0.25) is 9.59 Å². The summed E-state index contributed by atoms with van der Waals surface area (Å²) < 4.78 is 0. The Kier molecular flexibility index (Phi) is 6.05. The van der Waals surface area contributed by atoms with E-state index >= 15 is 0 Å². The van der Waals surface area contributed by atoms with Gasteiger partial charge in [-0.2, -0.15) is 0 Å². The summed E-state index contributed by atoms with van der Waals surface area (Å²) in [5, 5.41) is 13.5. The molecule has 1 aromatic carbocycles. The first kappa shape index (κ1) is 23.1. The summed E-state index contributed by atoms with van der Waals surface area (Å²) >= 11 is 1.62. The molecular weight excluding hydrogens is 420 g/mol. The number of carbonyl (C=O) groups excluding carboxylic acids is 2. The largest absolute Gasteiger partial charge is 0.393 e. The second-order valence-electron chi connectivity index (χ2n) is 10.9. The smallest absolute Gasteiger partial charge is 0.224 e. The maximum atomic E-state index is 13.4. The molecule has 2 saturated carbocycles. The lowest BCUT2D eigenvalue weighted by Gasteiger charge is -2.35. The van der Waals surface area contributed by atoms with Crippen LogP contribution in [0.3, 0.4) is 0 Å². The summed E-state index contributed by atoms with van der Waals surface area (Å²) in [6.45, 7) is 10.2. The van der Waals surface area contributed by atoms with Crippen LogP contribution in [0.4, 0.5) is 0 Å². The van der Waals surface area contributed by atoms with Crippen LogP contribution in [-0.4, -0.2) is 27.9 Å². The first-order chi connectivity index (χ1) is 15.0. The molecule has 1 heterocycles. The van der Waals surface area contributed by atoms with Crippen molar-refractivity contribution in [3.8, 4) is 10.4 Å². The highest BCUT2D eigenvalue weighted by molar-refractivity contribution is 7.13. The number of carbonyl (C=O) groups is 2. The number of fused-ring (bicyclic) bond motifs is 1. The quantitative estimate of drug-likeness (QED) is 0.638. The van der Waals surface area contributed by atoms with Gasteiger partial charge in [-0.15, -0.1) is 11.3 Å². The highest BCUT2D eigenvalue weighted by atomic mass is 32.1. The number of nitrogens with zero attached hydrogens (tertiary/aromatic N) is 1. The van der Waals surface area contributed by atoms with E-state index in [9.17, 15) is 14.7 Å². The lowest BCUT2D eigenvalue weighted by molar-refractivity contribution is -0.140. The molecule has 6 heteroatoms. The maximum absolute atomic E-state index is 13.4. The minimum atomic E-state index is -0.579. The fraction of sp³-hybridized carbons (Fsp3) is 0.577. The van der Waals surface area contributed by atoms with Crippen molar-refractivity contribution in [2.75, 3.05) is 0 Å². The number of thiazole rings is 1. The number of ketones is 1. The number of aliphatic hydroxyl groups excluding tert-OH is 1. The summed E-state index contributed by atoms with van der Waals surface area (Å²) in [5.74, 6) is -0.232. The summed E-state index contributed by atoms with van der Waals surface area (Å²) in [6, 6.07) is 8.03. The van der Waals surface area contributed by atoms with Crippen LogP contribution >= 0.6 is 11.3 Å². The highest BCUT2D eigenvalue weighted by Crippen LogP contribution is 2.65. The maximum Gasteiger partial charge on any atom is 0.224 e. The van der Waals surface area contributed by atoms with Gasteiger partial charge in [0.2, 0.25) is 5.91 Å². The molecule has 0 aliphatic heterocycles. The highest BCUT2D eigenvalue weighted by Gasteiger charge is 2.67. The molecule has 0 saturated heterocycles. The molecule has 4 rings (SSSR count). The van der Waals surface area contributed by atoms with E-state index < -0.39 is 17.4 Å². The molecule has 4 unspecified atom stereocenters. The van der Waals surface area contributed by atoms with Crippen LogP contribution in [-0.2, 0) is 9.59 Å². The number of hydrogen-bond acceptors (Lipinski definition) is 5. The van der Waals surface area contributed by atoms with Gasteiger partial charge < -0.3 is 10.4 Å². The fourth-order valence-electron chi connectivity index (χ4n) is 5.40. The molecule has 0 bridgehead atoms. The van der Waals surface area contributed by atoms with E-state index in [4.69, 9.17) is 0 Å². The van der Waals surface area contributed by atoms with E-state index in [1.165, 1.54) is 0 Å². The van der Waals surface area contributed by atoms with Crippen LogP contribution in [0.25, 0.3) is 10.4 Å². The fourth-order valence-corrected chi connectivity index (χ4v) is 6.21. The van der Waals surface area contributed by atoms with Gasteiger partial charge in [0.05, 0.1) is 34.1 Å². The lowest BCUT2D eigenvalue weighted by atomic mass is 9.70. The molecule has 172 valence electrons. The van der Waals surface area contributed by atoms with Crippen LogP contribution in [0.15, 0.2) is 29.8 Å². The van der Waals surface area contributed by atoms with E-state index in [0.29, 0.717) is 19.3 Å². The minimum Gasteiger partial charge on any atom is -0.393 e. The number of Topliss-reactive ketones (excluding diaryl/α,β-unsaturated/α-hetero) is 1. The number of rotatable bonds is 6. The standard InChI is InChI=1S/C26H34N2O3S/c1-15(17-6-8-18(9-7-17)23-16(2)27-14-32-23)28-24(31)21-11-20(29)10-19-12-26(19,21)22(30)13-25(3,4)5/h6-9,14-15,19-21,29H,10-13H2,1-5H3,(H,28,31)/t15-,19?,20?,21?,26?/m0/s1. The van der Waals surface area contributed by atoms with Crippen molar-refractivity contribution in [2.24, 2.45) is 22.7 Å². The number of aromatic nitrogens is 1. The SMILES string of the molecule is Cc1ncsc1-c1ccc([C@H](C)NC(=O)C2CC(O)CC3CC32C(=O)CC(C)(C)C)cc1. The number of aliphatic hydroxyl groups is 1. The number of nitrogens with one attached hydrogen (secondary N) is 1. The van der Waals surface area contributed by atoms with Crippen molar-refractivity contribution < 1.29 is 14.7 Å². The van der Waals surface area contributed by atoms with Crippen molar-refractivity contribution >= 4 is 23.0 Å². The van der Waals surface area contributed by atoms with E-state index in [2.05, 4.69) is 43.2 Å². The van der Waals surface area contributed by atoms with Gasteiger partial charge in [0.25, 0.3) is 0 Å². The molecule has 1 aromatic heterocycles. The van der Waals surface area contributed by atoms with E-state index in [1.807, 2.05) is 31.5 Å². The van der Waals surface area contributed by atoms with Crippen molar-refractivity contribution in [2.45, 2.75) is 72.4 Å². The zero-order valence-corrected chi connectivity index (χ0v) is 20.5. The molecule has 0 spiro atoms. The van der Waals surface area contributed by atoms with Crippen molar-refractivity contribution in [1.82, 2.24) is 10.3 Å². The van der Waals surface area contributed by atoms with Gasteiger partial charge in [-0.05, 0) is 55.6 Å². The Hall–Kier alpha value is -2.05. The van der Waals surface area contributed by atoms with Crippen LogP contribution in [0.2, 0.25) is 0 Å². The molecule has 2 N–H and O–H groups in total. The number of amides is 1. The molecule has 5 atom stereocenters. The zero-order chi connectivity index (χ0) is 23.3. The molecule has 5 nitrogen and oxygen atoms in total. The Balaban J connectivity index is 1.48. The number of aryl methyl sites for hydroxylation is 1. The predicted molar refractivity (Wildman–Crippen MR) is 127 cm³/mol. The Morgan fingerprint density at radius 2 is 1.94 bits per heavy atom. The second kappa shape index (κ2) is 8.38. The normalized spacial score (nSPS) is 28.0. The first-order valence-corrected chi connectivity index (χ1v) is 12.4. The zero-order valence-electron chi connectivity index (χ0n) is 19.6. The van der Waals surface area contributed by atoms with Crippen LogP contribution in [0.5, 0.6) is 0 Å². The Morgan fingerprint density at radius 3 is 2.53 bits per heavy atom. The van der Waals surface area contributed by atoms with Gasteiger partial charge in [0.1, 0.15) is 5.78 Å². The molecule has 0 radical (unpaired) electrons. The van der Waals surface area contributed by atoms with E-state index in [0.717, 1.165) is 28.1 Å².